The van der Waals surface area contributed by atoms with Gasteiger partial charge in [-0.3, -0.25) is 9.59 Å². The van der Waals surface area contributed by atoms with Crippen LogP contribution in [0.1, 0.15) is 28.8 Å². The summed E-state index contributed by atoms with van der Waals surface area (Å²) < 4.78 is 54.6. The number of nitrogens with one attached hydrogen (secondary N) is 2. The van der Waals surface area contributed by atoms with Crippen molar-refractivity contribution >= 4 is 27.6 Å². The second-order valence-electron chi connectivity index (χ2n) is 6.55. The minimum atomic E-state index is -4.30. The Morgan fingerprint density at radius 1 is 1.07 bits per heavy atom. The highest BCUT2D eigenvalue weighted by molar-refractivity contribution is 7.89. The van der Waals surface area contributed by atoms with E-state index in [-0.39, 0.29) is 18.5 Å². The number of sulfonamides is 1. The number of carbonyl (C=O) groups is 2. The van der Waals surface area contributed by atoms with Crippen LogP contribution in [0.25, 0.3) is 0 Å². The Hall–Kier alpha value is -2.85. The van der Waals surface area contributed by atoms with Gasteiger partial charge in [-0.2, -0.15) is 4.72 Å². The molecule has 2 aromatic rings. The first kappa shape index (κ1) is 19.9. The van der Waals surface area contributed by atoms with Crippen molar-refractivity contribution < 1.29 is 31.9 Å². The fourth-order valence-electron chi connectivity index (χ4n) is 2.52. The van der Waals surface area contributed by atoms with Crippen molar-refractivity contribution in [3.63, 3.8) is 0 Å². The summed E-state index contributed by atoms with van der Waals surface area (Å²) in [6, 6.07) is 6.41. The average molecular weight is 410 g/mol. The number of hydrogen-bond donors (Lipinski definition) is 3. The van der Waals surface area contributed by atoms with Gasteiger partial charge >= 0.3 is 5.97 Å². The molecule has 1 fully saturated rings. The Labute approximate surface area is 159 Å². The van der Waals surface area contributed by atoms with Crippen molar-refractivity contribution in [3.05, 3.63) is 59.2 Å². The van der Waals surface area contributed by atoms with E-state index in [1.165, 1.54) is 19.1 Å². The summed E-state index contributed by atoms with van der Waals surface area (Å²) >= 11 is 0. The summed E-state index contributed by atoms with van der Waals surface area (Å²) in [6.07, 6.45) is 0.268. The van der Waals surface area contributed by atoms with Gasteiger partial charge in [-0.05, 0) is 55.7 Å². The zero-order valence-electron chi connectivity index (χ0n) is 14.6. The van der Waals surface area contributed by atoms with Gasteiger partial charge in [0.1, 0.15) is 17.2 Å². The Morgan fingerprint density at radius 2 is 1.75 bits per heavy atom. The van der Waals surface area contributed by atoms with Crippen LogP contribution in [0.3, 0.4) is 0 Å². The topological polar surface area (TPSA) is 113 Å². The van der Waals surface area contributed by atoms with Crippen LogP contribution in [0.2, 0.25) is 0 Å². The average Bonchev–Trinajstić information content (AvgIpc) is 3.38. The number of halogens is 2. The molecular formula is C18H16F2N2O5S. The maximum absolute atomic E-state index is 14.1. The summed E-state index contributed by atoms with van der Waals surface area (Å²) in [6.45, 7) is 1.53. The molecule has 0 spiro atoms. The predicted octanol–water partition coefficient (Wildman–Crippen LogP) is 2.42. The number of anilines is 1. The van der Waals surface area contributed by atoms with Gasteiger partial charge < -0.3 is 10.4 Å². The minimum absolute atomic E-state index is 0.0710. The summed E-state index contributed by atoms with van der Waals surface area (Å²) in [5.74, 6) is -3.83. The molecule has 2 aromatic carbocycles. The molecule has 0 aromatic heterocycles. The third-order valence-electron chi connectivity index (χ3n) is 4.41. The molecule has 0 unspecified atom stereocenters. The van der Waals surface area contributed by atoms with Crippen molar-refractivity contribution in [2.45, 2.75) is 30.2 Å². The minimum Gasteiger partial charge on any atom is -0.480 e. The fraction of sp³-hybridized carbons (Fsp3) is 0.222. The summed E-state index contributed by atoms with van der Waals surface area (Å²) in [5, 5.41) is 11.4. The molecule has 0 radical (unpaired) electrons. The number of carboxylic acid groups (broad SMARTS) is 1. The van der Waals surface area contributed by atoms with Gasteiger partial charge in [-0.25, -0.2) is 17.2 Å². The first-order chi connectivity index (χ1) is 13.0. The molecular weight excluding hydrogens is 394 g/mol. The quantitative estimate of drug-likeness (QED) is 0.677. The molecule has 0 saturated heterocycles. The Morgan fingerprint density at radius 3 is 2.32 bits per heavy atom. The molecule has 148 valence electrons. The molecule has 7 nitrogen and oxygen atoms in total. The highest BCUT2D eigenvalue weighted by atomic mass is 32.2. The highest BCUT2D eigenvalue weighted by Gasteiger charge is 2.53. The van der Waals surface area contributed by atoms with Gasteiger partial charge in [0.15, 0.2) is 0 Å². The van der Waals surface area contributed by atoms with Crippen LogP contribution in [-0.4, -0.2) is 30.9 Å². The summed E-state index contributed by atoms with van der Waals surface area (Å²) in [4.78, 5) is 23.1. The van der Waals surface area contributed by atoms with Gasteiger partial charge in [0.2, 0.25) is 10.0 Å². The predicted molar refractivity (Wildman–Crippen MR) is 95.4 cm³/mol. The van der Waals surface area contributed by atoms with Crippen molar-refractivity contribution in [1.29, 1.82) is 0 Å². The zero-order valence-corrected chi connectivity index (χ0v) is 15.4. The lowest BCUT2D eigenvalue weighted by molar-refractivity contribution is -0.140. The molecule has 0 bridgehead atoms. The second-order valence-corrected chi connectivity index (χ2v) is 8.23. The number of rotatable bonds is 6. The van der Waals surface area contributed by atoms with E-state index in [0.717, 1.165) is 24.3 Å². The van der Waals surface area contributed by atoms with Crippen LogP contribution in [0.5, 0.6) is 0 Å². The van der Waals surface area contributed by atoms with E-state index < -0.39 is 49.5 Å². The standard InChI is InChI=1S/C18H16F2N2O5S/c1-10-2-3-11(8-15(10)20)21-16(23)13-9-12(4-5-14(13)19)28(26,27)22-18(6-7-18)17(24)25/h2-5,8-9,22H,6-7H2,1H3,(H,21,23)(H,24,25). The van der Waals surface area contributed by atoms with Crippen LogP contribution < -0.4 is 10.0 Å². The smallest absolute Gasteiger partial charge is 0.324 e. The zero-order chi connectivity index (χ0) is 20.7. The number of aryl methyl sites for hydroxylation is 1. The van der Waals surface area contributed by atoms with E-state index in [2.05, 4.69) is 10.0 Å². The summed E-state index contributed by atoms with van der Waals surface area (Å²) in [5.41, 5.74) is -1.73. The molecule has 0 aliphatic heterocycles. The molecule has 10 heteroatoms. The van der Waals surface area contributed by atoms with E-state index >= 15 is 0 Å². The van der Waals surface area contributed by atoms with E-state index in [1.807, 2.05) is 0 Å². The lowest BCUT2D eigenvalue weighted by atomic mass is 10.1. The first-order valence-electron chi connectivity index (χ1n) is 8.18. The van der Waals surface area contributed by atoms with E-state index in [0.29, 0.717) is 5.56 Å². The molecule has 3 N–H and O–H groups in total. The van der Waals surface area contributed by atoms with Crippen LogP contribution >= 0.6 is 0 Å². The lowest BCUT2D eigenvalue weighted by Gasteiger charge is -2.14. The fourth-order valence-corrected chi connectivity index (χ4v) is 3.96. The number of carbonyl (C=O) groups excluding carboxylic acids is 1. The third kappa shape index (κ3) is 3.87. The van der Waals surface area contributed by atoms with Crippen molar-refractivity contribution in [1.82, 2.24) is 4.72 Å². The molecule has 1 saturated carbocycles. The largest absolute Gasteiger partial charge is 0.480 e. The van der Waals surface area contributed by atoms with Crippen LogP contribution in [0, 0.1) is 18.6 Å². The van der Waals surface area contributed by atoms with Crippen molar-refractivity contribution in [3.8, 4) is 0 Å². The van der Waals surface area contributed by atoms with Gasteiger partial charge in [-0.1, -0.05) is 6.07 Å². The third-order valence-corrected chi connectivity index (χ3v) is 5.95. The maximum atomic E-state index is 14.1. The number of benzene rings is 2. The van der Waals surface area contributed by atoms with Gasteiger partial charge in [-0.15, -0.1) is 0 Å². The normalized spacial score (nSPS) is 15.1. The van der Waals surface area contributed by atoms with E-state index in [9.17, 15) is 26.8 Å². The van der Waals surface area contributed by atoms with Crippen molar-refractivity contribution in [2.24, 2.45) is 0 Å². The number of amides is 1. The van der Waals surface area contributed by atoms with Gasteiger partial charge in [0.05, 0.1) is 10.5 Å². The number of carboxylic acids is 1. The Kier molecular flexibility index (Phi) is 4.94. The van der Waals surface area contributed by atoms with E-state index in [4.69, 9.17) is 5.11 Å². The summed E-state index contributed by atoms with van der Waals surface area (Å²) in [7, 11) is -4.30. The molecule has 0 heterocycles. The number of hydrogen-bond acceptors (Lipinski definition) is 4. The molecule has 28 heavy (non-hydrogen) atoms. The molecule has 1 amide bonds. The van der Waals surface area contributed by atoms with Gasteiger partial charge in [0, 0.05) is 5.69 Å². The SMILES string of the molecule is Cc1ccc(NC(=O)c2cc(S(=O)(=O)NC3(C(=O)O)CC3)ccc2F)cc1F. The molecule has 1 aliphatic rings. The molecule has 0 atom stereocenters. The van der Waals surface area contributed by atoms with Crippen LogP contribution in [0.4, 0.5) is 14.5 Å². The first-order valence-corrected chi connectivity index (χ1v) is 9.67. The lowest BCUT2D eigenvalue weighted by Crippen LogP contribution is -2.43. The van der Waals surface area contributed by atoms with Crippen LogP contribution in [-0.2, 0) is 14.8 Å². The highest BCUT2D eigenvalue weighted by Crippen LogP contribution is 2.37. The van der Waals surface area contributed by atoms with Crippen LogP contribution in [0.15, 0.2) is 41.3 Å². The maximum Gasteiger partial charge on any atom is 0.324 e. The Bertz CT molecular complexity index is 1080. The number of aliphatic carboxylic acids is 1. The molecule has 3 rings (SSSR count). The molecule has 1 aliphatic carbocycles. The monoisotopic (exact) mass is 410 g/mol. The second kappa shape index (κ2) is 6.95. The van der Waals surface area contributed by atoms with Crippen molar-refractivity contribution in [2.75, 3.05) is 5.32 Å². The Balaban J connectivity index is 1.87. The van der Waals surface area contributed by atoms with E-state index in [1.54, 1.807) is 0 Å². The van der Waals surface area contributed by atoms with Gasteiger partial charge in [0.25, 0.3) is 5.91 Å².